The molecule has 115 valence electrons. The maximum atomic E-state index is 12.2. The SMILES string of the molecule is [CH2]CC(COc1ccc(Cl)nc1)NC(=O)c1ccc(C)cc1. The van der Waals surface area contributed by atoms with Gasteiger partial charge in [0.25, 0.3) is 5.91 Å². The molecule has 0 saturated carbocycles. The number of benzene rings is 1. The number of carbonyl (C=O) groups is 1. The van der Waals surface area contributed by atoms with Crippen LogP contribution in [-0.4, -0.2) is 23.5 Å². The Balaban J connectivity index is 1.90. The molecule has 1 aromatic carbocycles. The number of halogens is 1. The van der Waals surface area contributed by atoms with Crippen LogP contribution in [0.2, 0.25) is 5.15 Å². The molecule has 1 aromatic heterocycles. The number of hydrogen-bond acceptors (Lipinski definition) is 3. The Bertz CT molecular complexity index is 612. The van der Waals surface area contributed by atoms with Gasteiger partial charge >= 0.3 is 0 Å². The van der Waals surface area contributed by atoms with Gasteiger partial charge in [-0.25, -0.2) is 4.98 Å². The number of aryl methyl sites for hydroxylation is 1. The maximum Gasteiger partial charge on any atom is 0.251 e. The molecule has 2 rings (SSSR count). The molecule has 2 aromatic rings. The minimum atomic E-state index is -0.176. The van der Waals surface area contributed by atoms with Crippen LogP contribution in [0, 0.1) is 13.8 Å². The molecule has 1 unspecified atom stereocenters. The van der Waals surface area contributed by atoms with Crippen molar-refractivity contribution >= 4 is 17.5 Å². The van der Waals surface area contributed by atoms with E-state index in [-0.39, 0.29) is 11.9 Å². The van der Waals surface area contributed by atoms with Crippen molar-refractivity contribution in [1.29, 1.82) is 0 Å². The van der Waals surface area contributed by atoms with Gasteiger partial charge in [0.1, 0.15) is 17.5 Å². The van der Waals surface area contributed by atoms with Gasteiger partial charge in [-0.2, -0.15) is 0 Å². The summed E-state index contributed by atoms with van der Waals surface area (Å²) < 4.78 is 5.59. The van der Waals surface area contributed by atoms with E-state index in [0.717, 1.165) is 5.56 Å². The standard InChI is InChI=1S/C17H18ClN2O2/c1-3-14(11-22-15-8-9-16(18)19-10-15)20-17(21)13-6-4-12(2)5-7-13/h4-10,14H,1,3,11H2,2H3,(H,20,21). The highest BCUT2D eigenvalue weighted by atomic mass is 35.5. The van der Waals surface area contributed by atoms with Crippen LogP contribution in [0.4, 0.5) is 0 Å². The zero-order valence-electron chi connectivity index (χ0n) is 12.4. The first-order valence-corrected chi connectivity index (χ1v) is 7.37. The topological polar surface area (TPSA) is 51.2 Å². The summed E-state index contributed by atoms with van der Waals surface area (Å²) in [6.45, 7) is 6.15. The lowest BCUT2D eigenvalue weighted by Crippen LogP contribution is -2.38. The highest BCUT2D eigenvalue weighted by Crippen LogP contribution is 2.12. The van der Waals surface area contributed by atoms with E-state index < -0.39 is 0 Å². The van der Waals surface area contributed by atoms with Gasteiger partial charge in [-0.1, -0.05) is 36.2 Å². The van der Waals surface area contributed by atoms with Crippen LogP contribution >= 0.6 is 11.6 Å². The second-order valence-corrected chi connectivity index (χ2v) is 5.34. The van der Waals surface area contributed by atoms with Crippen molar-refractivity contribution in [3.8, 4) is 5.75 Å². The first-order valence-electron chi connectivity index (χ1n) is 6.99. The Morgan fingerprint density at radius 3 is 2.64 bits per heavy atom. The minimum Gasteiger partial charge on any atom is -0.490 e. The third kappa shape index (κ3) is 4.74. The Morgan fingerprint density at radius 1 is 1.32 bits per heavy atom. The van der Waals surface area contributed by atoms with Gasteiger partial charge in [-0.05, 0) is 37.6 Å². The van der Waals surface area contributed by atoms with E-state index in [1.165, 1.54) is 0 Å². The van der Waals surface area contributed by atoms with E-state index in [1.54, 1.807) is 30.5 Å². The van der Waals surface area contributed by atoms with Crippen molar-refractivity contribution in [2.75, 3.05) is 6.61 Å². The van der Waals surface area contributed by atoms with Gasteiger partial charge in [0, 0.05) is 5.56 Å². The summed E-state index contributed by atoms with van der Waals surface area (Å²) in [5.74, 6) is 0.471. The number of pyridine rings is 1. The average Bonchev–Trinajstić information content (AvgIpc) is 2.53. The Morgan fingerprint density at radius 2 is 2.05 bits per heavy atom. The molecule has 0 aliphatic heterocycles. The van der Waals surface area contributed by atoms with Crippen molar-refractivity contribution < 1.29 is 9.53 Å². The molecule has 22 heavy (non-hydrogen) atoms. The maximum absolute atomic E-state index is 12.2. The van der Waals surface area contributed by atoms with E-state index in [2.05, 4.69) is 17.2 Å². The number of rotatable bonds is 6. The van der Waals surface area contributed by atoms with E-state index in [0.29, 0.717) is 29.5 Å². The zero-order valence-corrected chi connectivity index (χ0v) is 13.1. The first-order chi connectivity index (χ1) is 10.6. The summed E-state index contributed by atoms with van der Waals surface area (Å²) in [6.07, 6.45) is 2.07. The van der Waals surface area contributed by atoms with Crippen LogP contribution in [-0.2, 0) is 0 Å². The normalized spacial score (nSPS) is 11.8. The van der Waals surface area contributed by atoms with Gasteiger partial charge in [-0.15, -0.1) is 0 Å². The first kappa shape index (κ1) is 16.3. The van der Waals surface area contributed by atoms with Crippen LogP contribution < -0.4 is 10.1 Å². The molecule has 1 amide bonds. The van der Waals surface area contributed by atoms with Crippen LogP contribution in [0.15, 0.2) is 42.6 Å². The molecular formula is C17H18ClN2O2. The summed E-state index contributed by atoms with van der Waals surface area (Å²) in [5.41, 5.74) is 1.74. The number of hydrogen-bond donors (Lipinski definition) is 1. The quantitative estimate of drug-likeness (QED) is 0.830. The van der Waals surface area contributed by atoms with Crippen molar-refractivity contribution in [3.05, 3.63) is 65.8 Å². The van der Waals surface area contributed by atoms with Crippen LogP contribution in [0.5, 0.6) is 5.75 Å². The fourth-order valence-corrected chi connectivity index (χ4v) is 1.93. The number of nitrogens with zero attached hydrogens (tertiary/aromatic N) is 1. The smallest absolute Gasteiger partial charge is 0.251 e. The van der Waals surface area contributed by atoms with E-state index in [4.69, 9.17) is 16.3 Å². The van der Waals surface area contributed by atoms with Gasteiger partial charge < -0.3 is 10.1 Å². The van der Waals surface area contributed by atoms with Gasteiger partial charge in [0.05, 0.1) is 12.2 Å². The molecule has 0 bridgehead atoms. The Kier molecular flexibility index (Phi) is 5.78. The highest BCUT2D eigenvalue weighted by Gasteiger charge is 2.13. The molecule has 0 aliphatic rings. The van der Waals surface area contributed by atoms with Crippen molar-refractivity contribution in [2.45, 2.75) is 19.4 Å². The van der Waals surface area contributed by atoms with Gasteiger partial charge in [-0.3, -0.25) is 4.79 Å². The lowest BCUT2D eigenvalue weighted by Gasteiger charge is -2.17. The fraction of sp³-hybridized carbons (Fsp3) is 0.235. The number of nitrogens with one attached hydrogen (secondary N) is 1. The molecule has 1 N–H and O–H groups in total. The number of ether oxygens (including phenoxy) is 1. The summed E-state index contributed by atoms with van der Waals surface area (Å²) >= 11 is 5.72. The third-order valence-electron chi connectivity index (χ3n) is 3.15. The Hall–Kier alpha value is -2.07. The molecular weight excluding hydrogens is 300 g/mol. The second-order valence-electron chi connectivity index (χ2n) is 4.95. The van der Waals surface area contributed by atoms with Crippen LogP contribution in [0.25, 0.3) is 0 Å². The largest absolute Gasteiger partial charge is 0.490 e. The molecule has 1 atom stereocenters. The number of aromatic nitrogens is 1. The predicted octanol–water partition coefficient (Wildman–Crippen LogP) is 3.45. The van der Waals surface area contributed by atoms with Crippen molar-refractivity contribution in [2.24, 2.45) is 0 Å². The summed E-state index contributed by atoms with van der Waals surface area (Å²) in [4.78, 5) is 16.1. The van der Waals surface area contributed by atoms with Crippen molar-refractivity contribution in [1.82, 2.24) is 10.3 Å². The molecule has 1 radical (unpaired) electrons. The summed E-state index contributed by atoms with van der Waals surface area (Å²) in [5, 5.41) is 3.32. The van der Waals surface area contributed by atoms with Gasteiger partial charge in [0.15, 0.2) is 0 Å². The zero-order chi connectivity index (χ0) is 15.9. The van der Waals surface area contributed by atoms with E-state index in [9.17, 15) is 4.79 Å². The average molecular weight is 318 g/mol. The van der Waals surface area contributed by atoms with Crippen molar-refractivity contribution in [3.63, 3.8) is 0 Å². The lowest BCUT2D eigenvalue weighted by atomic mass is 10.1. The summed E-state index contributed by atoms with van der Waals surface area (Å²) in [7, 11) is 0. The summed E-state index contributed by atoms with van der Waals surface area (Å²) in [6, 6.07) is 10.6. The lowest BCUT2D eigenvalue weighted by molar-refractivity contribution is 0.0922. The molecule has 0 saturated heterocycles. The van der Waals surface area contributed by atoms with E-state index >= 15 is 0 Å². The Labute approximate surface area is 135 Å². The molecule has 4 nitrogen and oxygen atoms in total. The van der Waals surface area contributed by atoms with E-state index in [1.807, 2.05) is 19.1 Å². The number of carbonyl (C=O) groups excluding carboxylic acids is 1. The molecule has 5 heteroatoms. The molecule has 1 heterocycles. The highest BCUT2D eigenvalue weighted by molar-refractivity contribution is 6.29. The molecule has 0 fully saturated rings. The monoisotopic (exact) mass is 317 g/mol. The second kappa shape index (κ2) is 7.80. The third-order valence-corrected chi connectivity index (χ3v) is 3.37. The van der Waals surface area contributed by atoms with Crippen LogP contribution in [0.3, 0.4) is 0 Å². The minimum absolute atomic E-state index is 0.133. The molecule has 0 spiro atoms. The fourth-order valence-electron chi connectivity index (χ4n) is 1.82. The number of amides is 1. The van der Waals surface area contributed by atoms with Gasteiger partial charge in [0.2, 0.25) is 0 Å². The van der Waals surface area contributed by atoms with Crippen LogP contribution in [0.1, 0.15) is 22.3 Å². The predicted molar refractivity (Wildman–Crippen MR) is 87.1 cm³/mol. The molecule has 0 aliphatic carbocycles.